The molecule has 0 radical (unpaired) electrons. The van der Waals surface area contributed by atoms with Crippen LogP contribution in [0.3, 0.4) is 0 Å². The molecule has 2 aromatic rings. The van der Waals surface area contributed by atoms with E-state index in [1.165, 1.54) is 0 Å². The first-order chi connectivity index (χ1) is 15.5. The Kier molecular flexibility index (Phi) is 9.13. The lowest BCUT2D eigenvalue weighted by Crippen LogP contribution is -2.18. The molecule has 0 saturated heterocycles. The number of ether oxygens (including phenoxy) is 2. The van der Waals surface area contributed by atoms with Gasteiger partial charge in [0.25, 0.3) is 11.8 Å². The topological polar surface area (TPSA) is 76.7 Å². The second-order valence-corrected chi connectivity index (χ2v) is 9.02. The average Bonchev–Trinajstić information content (AvgIpc) is 2.81. The third kappa shape index (κ3) is 7.10. The minimum absolute atomic E-state index is 0.0894. The van der Waals surface area contributed by atoms with E-state index in [-0.39, 0.29) is 11.8 Å². The SMILES string of the molecule is CC1=C(C(=O)Nc2ccccc2)SCCO1.CC1=C(C(=O)Nc2ccccc2)SCCO1. The van der Waals surface area contributed by atoms with Crippen molar-refractivity contribution in [2.75, 3.05) is 35.4 Å². The number of hydrogen-bond donors (Lipinski definition) is 2. The lowest BCUT2D eigenvalue weighted by atomic mass is 10.3. The van der Waals surface area contributed by atoms with Gasteiger partial charge in [-0.25, -0.2) is 0 Å². The van der Waals surface area contributed by atoms with E-state index >= 15 is 0 Å². The van der Waals surface area contributed by atoms with E-state index in [2.05, 4.69) is 10.6 Å². The molecule has 2 heterocycles. The van der Waals surface area contributed by atoms with E-state index in [9.17, 15) is 9.59 Å². The Morgan fingerprint density at radius 1 is 0.688 bits per heavy atom. The first kappa shape index (κ1) is 23.8. The van der Waals surface area contributed by atoms with E-state index in [0.717, 1.165) is 22.9 Å². The summed E-state index contributed by atoms with van der Waals surface area (Å²) in [7, 11) is 0. The van der Waals surface area contributed by atoms with Gasteiger partial charge in [0.05, 0.1) is 13.2 Å². The number of thioether (sulfide) groups is 2. The molecule has 2 aromatic carbocycles. The van der Waals surface area contributed by atoms with Crippen molar-refractivity contribution >= 4 is 46.7 Å². The van der Waals surface area contributed by atoms with E-state index < -0.39 is 0 Å². The lowest BCUT2D eigenvalue weighted by molar-refractivity contribution is -0.113. The van der Waals surface area contributed by atoms with Crippen LogP contribution in [0, 0.1) is 0 Å². The second kappa shape index (κ2) is 12.3. The van der Waals surface area contributed by atoms with Gasteiger partial charge in [-0.3, -0.25) is 9.59 Å². The lowest BCUT2D eigenvalue weighted by Gasteiger charge is -2.17. The van der Waals surface area contributed by atoms with Gasteiger partial charge in [0, 0.05) is 22.9 Å². The van der Waals surface area contributed by atoms with Crippen LogP contribution in [0.4, 0.5) is 11.4 Å². The summed E-state index contributed by atoms with van der Waals surface area (Å²) in [4.78, 5) is 25.2. The summed E-state index contributed by atoms with van der Waals surface area (Å²) in [5.41, 5.74) is 1.61. The summed E-state index contributed by atoms with van der Waals surface area (Å²) >= 11 is 3.08. The second-order valence-electron chi connectivity index (χ2n) is 6.80. The molecule has 0 aliphatic carbocycles. The Hall–Kier alpha value is -2.84. The molecule has 168 valence electrons. The summed E-state index contributed by atoms with van der Waals surface area (Å²) in [6.45, 7) is 5.01. The molecule has 4 rings (SSSR count). The molecule has 2 amide bonds. The number of anilines is 2. The monoisotopic (exact) mass is 470 g/mol. The zero-order chi connectivity index (χ0) is 22.8. The van der Waals surface area contributed by atoms with Crippen LogP contribution in [0.2, 0.25) is 0 Å². The molecule has 2 aliphatic rings. The fraction of sp³-hybridized carbons (Fsp3) is 0.250. The maximum atomic E-state index is 11.9. The predicted molar refractivity (Wildman–Crippen MR) is 132 cm³/mol. The van der Waals surface area contributed by atoms with Crippen molar-refractivity contribution in [2.24, 2.45) is 0 Å². The van der Waals surface area contributed by atoms with Crippen LogP contribution < -0.4 is 10.6 Å². The maximum absolute atomic E-state index is 11.9. The minimum Gasteiger partial charge on any atom is -0.496 e. The first-order valence-electron chi connectivity index (χ1n) is 10.2. The third-order valence-electron chi connectivity index (χ3n) is 4.41. The third-order valence-corrected chi connectivity index (χ3v) is 6.68. The van der Waals surface area contributed by atoms with Crippen LogP contribution in [0.1, 0.15) is 13.8 Å². The molecule has 0 spiro atoms. The highest BCUT2D eigenvalue weighted by atomic mass is 32.2. The van der Waals surface area contributed by atoms with Crippen molar-refractivity contribution in [1.82, 2.24) is 0 Å². The fourth-order valence-corrected chi connectivity index (χ4v) is 4.51. The number of rotatable bonds is 4. The van der Waals surface area contributed by atoms with Crippen molar-refractivity contribution in [1.29, 1.82) is 0 Å². The summed E-state index contributed by atoms with van der Waals surface area (Å²) < 4.78 is 10.7. The van der Waals surface area contributed by atoms with Gasteiger partial charge in [0.1, 0.15) is 21.3 Å². The van der Waals surface area contributed by atoms with Gasteiger partial charge >= 0.3 is 0 Å². The fourth-order valence-electron chi connectivity index (χ4n) is 2.88. The zero-order valence-electron chi connectivity index (χ0n) is 18.1. The van der Waals surface area contributed by atoms with Crippen molar-refractivity contribution in [3.63, 3.8) is 0 Å². The normalized spacial score (nSPS) is 15.6. The summed E-state index contributed by atoms with van der Waals surface area (Å²) in [5.74, 6) is 2.90. The smallest absolute Gasteiger partial charge is 0.265 e. The number of benzene rings is 2. The number of allylic oxidation sites excluding steroid dienone is 2. The largest absolute Gasteiger partial charge is 0.496 e. The van der Waals surface area contributed by atoms with E-state index in [1.807, 2.05) is 74.5 Å². The molecule has 8 heteroatoms. The summed E-state index contributed by atoms with van der Waals surface area (Å²) in [5, 5.41) is 5.69. The Bertz CT molecular complexity index is 910. The van der Waals surface area contributed by atoms with Crippen LogP contribution in [0.15, 0.2) is 82.0 Å². The number of hydrogen-bond acceptors (Lipinski definition) is 6. The van der Waals surface area contributed by atoms with Gasteiger partial charge in [-0.1, -0.05) is 36.4 Å². The van der Waals surface area contributed by atoms with Crippen molar-refractivity contribution in [2.45, 2.75) is 13.8 Å². The number of nitrogens with one attached hydrogen (secondary N) is 2. The molecule has 6 nitrogen and oxygen atoms in total. The molecule has 0 fully saturated rings. The van der Waals surface area contributed by atoms with Gasteiger partial charge < -0.3 is 20.1 Å². The van der Waals surface area contributed by atoms with Crippen LogP contribution in [0.5, 0.6) is 0 Å². The number of carbonyl (C=O) groups is 2. The van der Waals surface area contributed by atoms with Gasteiger partial charge in [-0.15, -0.1) is 23.5 Å². The van der Waals surface area contributed by atoms with Crippen molar-refractivity contribution in [3.05, 3.63) is 82.0 Å². The van der Waals surface area contributed by atoms with Gasteiger partial charge in [-0.2, -0.15) is 0 Å². The quantitative estimate of drug-likeness (QED) is 0.636. The zero-order valence-corrected chi connectivity index (χ0v) is 19.7. The van der Waals surface area contributed by atoms with Gasteiger partial charge in [0.2, 0.25) is 0 Å². The average molecular weight is 471 g/mol. The Morgan fingerprint density at radius 3 is 1.41 bits per heavy atom. The van der Waals surface area contributed by atoms with Crippen LogP contribution in [-0.2, 0) is 19.1 Å². The number of amides is 2. The van der Waals surface area contributed by atoms with E-state index in [1.54, 1.807) is 23.5 Å². The summed E-state index contributed by atoms with van der Waals surface area (Å²) in [6, 6.07) is 18.8. The van der Waals surface area contributed by atoms with Crippen molar-refractivity contribution < 1.29 is 19.1 Å². The molecule has 0 atom stereocenters. The molecule has 32 heavy (non-hydrogen) atoms. The number of para-hydroxylation sites is 2. The Labute approximate surface area is 196 Å². The first-order valence-corrected chi connectivity index (χ1v) is 12.2. The standard InChI is InChI=1S/2C12H13NO2S/c2*1-9-11(16-8-7-15-9)12(14)13-10-5-3-2-4-6-10/h2*2-6H,7-8H2,1H3,(H,13,14). The molecule has 2 aliphatic heterocycles. The Balaban J connectivity index is 0.000000181. The van der Waals surface area contributed by atoms with Crippen molar-refractivity contribution in [3.8, 4) is 0 Å². The molecular weight excluding hydrogens is 444 g/mol. The number of carbonyl (C=O) groups excluding carboxylic acids is 2. The molecule has 0 aromatic heterocycles. The minimum atomic E-state index is -0.0894. The molecule has 0 bridgehead atoms. The molecule has 2 N–H and O–H groups in total. The molecule has 0 saturated carbocycles. The van der Waals surface area contributed by atoms with E-state index in [4.69, 9.17) is 9.47 Å². The van der Waals surface area contributed by atoms with Crippen LogP contribution in [0.25, 0.3) is 0 Å². The van der Waals surface area contributed by atoms with Crippen LogP contribution in [-0.4, -0.2) is 36.5 Å². The van der Waals surface area contributed by atoms with Crippen LogP contribution >= 0.6 is 23.5 Å². The van der Waals surface area contributed by atoms with E-state index in [0.29, 0.717) is 34.5 Å². The molecular formula is C24H26N2O4S2. The maximum Gasteiger partial charge on any atom is 0.265 e. The summed E-state index contributed by atoms with van der Waals surface area (Å²) in [6.07, 6.45) is 0. The predicted octanol–water partition coefficient (Wildman–Crippen LogP) is 5.24. The highest BCUT2D eigenvalue weighted by Gasteiger charge is 2.19. The highest BCUT2D eigenvalue weighted by molar-refractivity contribution is 8.04. The van der Waals surface area contributed by atoms with Gasteiger partial charge in [-0.05, 0) is 38.1 Å². The highest BCUT2D eigenvalue weighted by Crippen LogP contribution is 2.27. The Morgan fingerprint density at radius 2 is 1.06 bits per heavy atom. The molecule has 0 unspecified atom stereocenters. The van der Waals surface area contributed by atoms with Gasteiger partial charge in [0.15, 0.2) is 0 Å².